The Bertz CT molecular complexity index is 1230. The lowest BCUT2D eigenvalue weighted by Gasteiger charge is -2.17. The van der Waals surface area contributed by atoms with Crippen LogP contribution in [-0.4, -0.2) is 33.7 Å². The fourth-order valence-electron chi connectivity index (χ4n) is 3.69. The average molecular weight is 396 g/mol. The molecule has 142 valence electrons. The van der Waals surface area contributed by atoms with E-state index in [0.29, 0.717) is 12.4 Å². The van der Waals surface area contributed by atoms with Crippen LogP contribution < -0.4 is 0 Å². The Morgan fingerprint density at radius 2 is 2.11 bits per heavy atom. The van der Waals surface area contributed by atoms with Gasteiger partial charge in [-0.2, -0.15) is 4.80 Å². The van der Waals surface area contributed by atoms with Gasteiger partial charge in [0, 0.05) is 28.7 Å². The van der Waals surface area contributed by atoms with E-state index in [1.54, 1.807) is 13.1 Å². The number of nitrogens with zero attached hydrogens (tertiary/aromatic N) is 5. The van der Waals surface area contributed by atoms with Gasteiger partial charge in [0.1, 0.15) is 16.8 Å². The highest BCUT2D eigenvalue weighted by Gasteiger charge is 2.35. The molecule has 0 bridgehead atoms. The first kappa shape index (κ1) is 17.2. The maximum absolute atomic E-state index is 13.5. The Balaban J connectivity index is 1.52. The zero-order chi connectivity index (χ0) is 19.4. The summed E-state index contributed by atoms with van der Waals surface area (Å²) in [5.74, 6) is 0.265. The molecule has 2 aromatic carbocycles. The number of aryl methyl sites for hydroxylation is 1. The van der Waals surface area contributed by atoms with Crippen molar-refractivity contribution >= 4 is 21.9 Å². The summed E-state index contributed by atoms with van der Waals surface area (Å²) in [6.45, 7) is 2.38. The highest BCUT2D eigenvalue weighted by Crippen LogP contribution is 2.40. The number of aromatic amines is 1. The SMILES string of the molecule is C[C@@H]1c2cc(-c3c[nH]c4cc(F)ccc34)ccc2S(=O)N1Cc1nnn(C)n1. The summed E-state index contributed by atoms with van der Waals surface area (Å²) < 4.78 is 28.3. The molecule has 7 nitrogen and oxygen atoms in total. The molecule has 1 N–H and O–H groups in total. The lowest BCUT2D eigenvalue weighted by molar-refractivity contribution is 0.364. The van der Waals surface area contributed by atoms with Gasteiger partial charge >= 0.3 is 0 Å². The summed E-state index contributed by atoms with van der Waals surface area (Å²) in [7, 11) is 0.420. The molecular formula is C19H17FN6OS. The third-order valence-corrected chi connectivity index (χ3v) is 6.71. The molecule has 0 aliphatic carbocycles. The van der Waals surface area contributed by atoms with E-state index in [2.05, 4.69) is 26.5 Å². The third kappa shape index (κ3) is 2.66. The summed E-state index contributed by atoms with van der Waals surface area (Å²) in [6.07, 6.45) is 1.88. The van der Waals surface area contributed by atoms with E-state index in [1.807, 2.05) is 29.6 Å². The van der Waals surface area contributed by atoms with Crippen molar-refractivity contribution in [1.82, 2.24) is 29.5 Å². The zero-order valence-electron chi connectivity index (χ0n) is 15.3. The largest absolute Gasteiger partial charge is 0.360 e. The Labute approximate surface area is 162 Å². The van der Waals surface area contributed by atoms with Gasteiger partial charge in [-0.25, -0.2) is 12.9 Å². The molecule has 5 rings (SSSR count). The van der Waals surface area contributed by atoms with E-state index in [9.17, 15) is 8.60 Å². The average Bonchev–Trinajstić information content (AvgIpc) is 3.35. The standard InChI is InChI=1S/C19H17FN6OS/c1-11-15-7-12(16-9-21-17-8-13(20)4-5-14(16)17)3-6-18(15)28(27)26(11)10-19-22-24-25(2)23-19/h3-9,11,21H,10H2,1-2H3/t11-,28?/m1/s1. The van der Waals surface area contributed by atoms with Crippen LogP contribution in [0, 0.1) is 5.82 Å². The van der Waals surface area contributed by atoms with Crippen molar-refractivity contribution in [3.63, 3.8) is 0 Å². The number of benzene rings is 2. The van der Waals surface area contributed by atoms with Crippen molar-refractivity contribution < 1.29 is 8.60 Å². The maximum atomic E-state index is 13.5. The molecular weight excluding hydrogens is 379 g/mol. The Morgan fingerprint density at radius 3 is 2.89 bits per heavy atom. The van der Waals surface area contributed by atoms with E-state index >= 15 is 0 Å². The summed E-state index contributed by atoms with van der Waals surface area (Å²) >= 11 is 0. The van der Waals surface area contributed by atoms with Crippen LogP contribution in [0.3, 0.4) is 0 Å². The first-order chi connectivity index (χ1) is 13.5. The Hall–Kier alpha value is -2.91. The number of H-pyrrole nitrogens is 1. The molecule has 0 saturated carbocycles. The minimum atomic E-state index is -1.28. The molecule has 0 saturated heterocycles. The van der Waals surface area contributed by atoms with Crippen LogP contribution in [-0.2, 0) is 24.6 Å². The second-order valence-electron chi connectivity index (χ2n) is 6.84. The summed E-state index contributed by atoms with van der Waals surface area (Å²) in [6, 6.07) is 10.6. The molecule has 4 aromatic rings. The number of rotatable bonds is 3. The molecule has 2 aromatic heterocycles. The van der Waals surface area contributed by atoms with E-state index in [1.165, 1.54) is 16.9 Å². The van der Waals surface area contributed by atoms with Gasteiger partial charge in [0.15, 0.2) is 5.82 Å². The van der Waals surface area contributed by atoms with Crippen LogP contribution in [0.1, 0.15) is 24.4 Å². The van der Waals surface area contributed by atoms with Gasteiger partial charge in [0.25, 0.3) is 0 Å². The van der Waals surface area contributed by atoms with Crippen LogP contribution in [0.15, 0.2) is 47.5 Å². The molecule has 0 fully saturated rings. The van der Waals surface area contributed by atoms with Gasteiger partial charge in [-0.1, -0.05) is 6.07 Å². The van der Waals surface area contributed by atoms with Crippen LogP contribution in [0.25, 0.3) is 22.0 Å². The first-order valence-corrected chi connectivity index (χ1v) is 9.94. The highest BCUT2D eigenvalue weighted by atomic mass is 32.2. The maximum Gasteiger partial charge on any atom is 0.189 e. The second-order valence-corrected chi connectivity index (χ2v) is 8.25. The van der Waals surface area contributed by atoms with Gasteiger partial charge in [0.2, 0.25) is 0 Å². The summed E-state index contributed by atoms with van der Waals surface area (Å²) in [4.78, 5) is 5.31. The number of tetrazole rings is 1. The van der Waals surface area contributed by atoms with Gasteiger partial charge in [-0.3, -0.25) is 0 Å². The zero-order valence-corrected chi connectivity index (χ0v) is 16.1. The number of aromatic nitrogens is 5. The van der Waals surface area contributed by atoms with Crippen LogP contribution in [0.5, 0.6) is 0 Å². The van der Waals surface area contributed by atoms with Gasteiger partial charge in [-0.15, -0.1) is 10.2 Å². The number of fused-ring (bicyclic) bond motifs is 2. The van der Waals surface area contributed by atoms with E-state index < -0.39 is 11.0 Å². The molecule has 9 heteroatoms. The van der Waals surface area contributed by atoms with Crippen LogP contribution >= 0.6 is 0 Å². The quantitative estimate of drug-likeness (QED) is 0.577. The Morgan fingerprint density at radius 1 is 1.25 bits per heavy atom. The fourth-order valence-corrected chi connectivity index (χ4v) is 5.19. The van der Waals surface area contributed by atoms with Crippen molar-refractivity contribution in [3.8, 4) is 11.1 Å². The summed E-state index contributed by atoms with van der Waals surface area (Å²) in [5.41, 5.74) is 3.75. The molecule has 0 amide bonds. The molecule has 1 aliphatic heterocycles. The van der Waals surface area contributed by atoms with Crippen molar-refractivity contribution in [2.75, 3.05) is 0 Å². The third-order valence-electron chi connectivity index (χ3n) is 5.09. The van der Waals surface area contributed by atoms with Crippen molar-refractivity contribution in [3.05, 3.63) is 59.8 Å². The predicted octanol–water partition coefficient (Wildman–Crippen LogP) is 3.10. The molecule has 0 radical (unpaired) electrons. The van der Waals surface area contributed by atoms with Crippen molar-refractivity contribution in [2.24, 2.45) is 7.05 Å². The highest BCUT2D eigenvalue weighted by molar-refractivity contribution is 7.83. The van der Waals surface area contributed by atoms with Crippen molar-refractivity contribution in [2.45, 2.75) is 24.4 Å². The monoisotopic (exact) mass is 396 g/mol. The van der Waals surface area contributed by atoms with E-state index in [-0.39, 0.29) is 11.9 Å². The van der Waals surface area contributed by atoms with Crippen LogP contribution in [0.2, 0.25) is 0 Å². The molecule has 0 spiro atoms. The lowest BCUT2D eigenvalue weighted by Crippen LogP contribution is -2.23. The second kappa shape index (κ2) is 6.32. The van der Waals surface area contributed by atoms with Gasteiger partial charge in [-0.05, 0) is 53.6 Å². The van der Waals surface area contributed by atoms with Crippen LogP contribution in [0.4, 0.5) is 4.39 Å². The van der Waals surface area contributed by atoms with Gasteiger partial charge < -0.3 is 4.98 Å². The number of hydrogen-bond donors (Lipinski definition) is 1. The minimum Gasteiger partial charge on any atom is -0.360 e. The minimum absolute atomic E-state index is 0.0535. The fraction of sp³-hybridized carbons (Fsp3) is 0.211. The Kier molecular flexibility index (Phi) is 3.88. The number of nitrogens with one attached hydrogen (secondary N) is 1. The van der Waals surface area contributed by atoms with Gasteiger partial charge in [0.05, 0.1) is 18.5 Å². The predicted molar refractivity (Wildman–Crippen MR) is 103 cm³/mol. The molecule has 2 atom stereocenters. The molecule has 1 aliphatic rings. The smallest absolute Gasteiger partial charge is 0.189 e. The summed E-state index contributed by atoms with van der Waals surface area (Å²) in [5, 5.41) is 13.0. The lowest BCUT2D eigenvalue weighted by atomic mass is 9.99. The topological polar surface area (TPSA) is 79.7 Å². The molecule has 3 heterocycles. The number of hydrogen-bond acceptors (Lipinski definition) is 4. The first-order valence-electron chi connectivity index (χ1n) is 8.83. The normalized spacial score (nSPS) is 19.4. The molecule has 1 unspecified atom stereocenters. The van der Waals surface area contributed by atoms with Crippen molar-refractivity contribution in [1.29, 1.82) is 0 Å². The van der Waals surface area contributed by atoms with E-state index in [0.717, 1.165) is 32.5 Å². The molecule has 28 heavy (non-hydrogen) atoms. The number of halogens is 1. The van der Waals surface area contributed by atoms with E-state index in [4.69, 9.17) is 0 Å².